The van der Waals surface area contributed by atoms with Crippen LogP contribution in [0.4, 0.5) is 5.69 Å². The van der Waals surface area contributed by atoms with Gasteiger partial charge in [0, 0.05) is 0 Å². The molecule has 0 radical (unpaired) electrons. The molecule has 0 atom stereocenters. The zero-order valence-corrected chi connectivity index (χ0v) is 12.0. The number of amides is 1. The van der Waals surface area contributed by atoms with E-state index in [2.05, 4.69) is 0 Å². The summed E-state index contributed by atoms with van der Waals surface area (Å²) in [5.41, 5.74) is 1.23. The fraction of sp³-hybridized carbons (Fsp3) is 0.125. The van der Waals surface area contributed by atoms with E-state index in [4.69, 9.17) is 16.7 Å². The van der Waals surface area contributed by atoms with E-state index in [1.165, 1.54) is 4.90 Å². The third-order valence-electron chi connectivity index (χ3n) is 2.94. The summed E-state index contributed by atoms with van der Waals surface area (Å²) in [7, 11) is 0. The minimum absolute atomic E-state index is 0.124. The number of carboxylic acids is 1. The van der Waals surface area contributed by atoms with E-state index in [9.17, 15) is 9.59 Å². The van der Waals surface area contributed by atoms with E-state index < -0.39 is 12.5 Å². The number of nitrogens with zero attached hydrogens (tertiary/aromatic N) is 1. The van der Waals surface area contributed by atoms with Crippen LogP contribution in [0.3, 0.4) is 0 Å². The summed E-state index contributed by atoms with van der Waals surface area (Å²) >= 11 is 6.06. The zero-order chi connectivity index (χ0) is 15.2. The fourth-order valence-electron chi connectivity index (χ4n) is 1.98. The molecule has 0 saturated carbocycles. The van der Waals surface area contributed by atoms with Crippen molar-refractivity contribution in [3.8, 4) is 0 Å². The minimum atomic E-state index is -1.09. The van der Waals surface area contributed by atoms with Gasteiger partial charge in [-0.2, -0.15) is 0 Å². The molecule has 0 heterocycles. The highest BCUT2D eigenvalue weighted by atomic mass is 35.5. The molecule has 1 N–H and O–H groups in total. The average molecular weight is 304 g/mol. The lowest BCUT2D eigenvalue weighted by atomic mass is 10.1. The molecule has 0 spiro atoms. The summed E-state index contributed by atoms with van der Waals surface area (Å²) < 4.78 is 0. The summed E-state index contributed by atoms with van der Waals surface area (Å²) in [6.45, 7) is -0.421. The van der Waals surface area contributed by atoms with Crippen LogP contribution in [0.1, 0.15) is 5.56 Å². The molecular weight excluding hydrogens is 290 g/mol. The Bertz CT molecular complexity index is 643. The van der Waals surface area contributed by atoms with Crippen molar-refractivity contribution in [3.63, 3.8) is 0 Å². The van der Waals surface area contributed by atoms with Crippen molar-refractivity contribution in [2.75, 3.05) is 11.4 Å². The largest absolute Gasteiger partial charge is 0.480 e. The smallest absolute Gasteiger partial charge is 0.323 e. The van der Waals surface area contributed by atoms with E-state index in [0.717, 1.165) is 5.56 Å². The molecule has 2 rings (SSSR count). The average Bonchev–Trinajstić information content (AvgIpc) is 2.46. The minimum Gasteiger partial charge on any atom is -0.480 e. The Balaban J connectivity index is 2.26. The Hall–Kier alpha value is -2.33. The summed E-state index contributed by atoms with van der Waals surface area (Å²) in [6, 6.07) is 15.9. The maximum atomic E-state index is 12.4. The standard InChI is InChI=1S/C16H14ClNO3/c17-13-8-4-5-9-14(13)18(11-16(20)21)15(19)10-12-6-2-1-3-7-12/h1-9H,10-11H2,(H,20,21). The number of carbonyl (C=O) groups is 2. The molecule has 2 aromatic carbocycles. The lowest BCUT2D eigenvalue weighted by Crippen LogP contribution is -2.37. The summed E-state index contributed by atoms with van der Waals surface area (Å²) in [5.74, 6) is -1.40. The van der Waals surface area contributed by atoms with Gasteiger partial charge in [-0.3, -0.25) is 14.5 Å². The molecular formula is C16H14ClNO3. The lowest BCUT2D eigenvalue weighted by Gasteiger charge is -2.22. The first kappa shape index (κ1) is 15.1. The Labute approximate surface area is 127 Å². The van der Waals surface area contributed by atoms with Gasteiger partial charge in [0.05, 0.1) is 17.1 Å². The molecule has 0 fully saturated rings. The van der Waals surface area contributed by atoms with E-state index in [0.29, 0.717) is 10.7 Å². The van der Waals surface area contributed by atoms with Crippen molar-refractivity contribution in [3.05, 3.63) is 65.2 Å². The predicted molar refractivity (Wildman–Crippen MR) is 81.6 cm³/mol. The number of rotatable bonds is 5. The third-order valence-corrected chi connectivity index (χ3v) is 3.26. The molecule has 5 heteroatoms. The number of anilines is 1. The first-order valence-corrected chi connectivity index (χ1v) is 6.76. The number of para-hydroxylation sites is 1. The highest BCUT2D eigenvalue weighted by molar-refractivity contribution is 6.33. The van der Waals surface area contributed by atoms with Crippen molar-refractivity contribution in [2.24, 2.45) is 0 Å². The van der Waals surface area contributed by atoms with Crippen molar-refractivity contribution >= 4 is 29.2 Å². The Morgan fingerprint density at radius 1 is 1.00 bits per heavy atom. The Morgan fingerprint density at radius 3 is 2.24 bits per heavy atom. The van der Waals surface area contributed by atoms with Crippen LogP contribution in [0.25, 0.3) is 0 Å². The summed E-state index contributed by atoms with van der Waals surface area (Å²) in [4.78, 5) is 24.6. The third kappa shape index (κ3) is 4.07. The van der Waals surface area contributed by atoms with Crippen molar-refractivity contribution in [1.82, 2.24) is 0 Å². The number of carbonyl (C=O) groups excluding carboxylic acids is 1. The maximum Gasteiger partial charge on any atom is 0.323 e. The van der Waals surface area contributed by atoms with E-state index in [-0.39, 0.29) is 12.3 Å². The SMILES string of the molecule is O=C(O)CN(C(=O)Cc1ccccc1)c1ccccc1Cl. The van der Waals surface area contributed by atoms with Crippen LogP contribution in [-0.4, -0.2) is 23.5 Å². The highest BCUT2D eigenvalue weighted by Crippen LogP contribution is 2.25. The van der Waals surface area contributed by atoms with Gasteiger partial charge < -0.3 is 5.11 Å². The maximum absolute atomic E-state index is 12.4. The number of benzene rings is 2. The van der Waals surface area contributed by atoms with Crippen LogP contribution in [0, 0.1) is 0 Å². The number of aliphatic carboxylic acids is 1. The van der Waals surface area contributed by atoms with Gasteiger partial charge in [-0.25, -0.2) is 0 Å². The lowest BCUT2D eigenvalue weighted by molar-refractivity contribution is -0.136. The van der Waals surface area contributed by atoms with Crippen LogP contribution in [0.5, 0.6) is 0 Å². The van der Waals surface area contributed by atoms with Gasteiger partial charge in [-0.1, -0.05) is 54.1 Å². The molecule has 0 saturated heterocycles. The van der Waals surface area contributed by atoms with Crippen LogP contribution in [-0.2, 0) is 16.0 Å². The topological polar surface area (TPSA) is 57.6 Å². The zero-order valence-electron chi connectivity index (χ0n) is 11.2. The highest BCUT2D eigenvalue weighted by Gasteiger charge is 2.20. The van der Waals surface area contributed by atoms with Gasteiger partial charge in [0.2, 0.25) is 5.91 Å². The molecule has 0 unspecified atom stereocenters. The molecule has 0 aromatic heterocycles. The number of hydrogen-bond acceptors (Lipinski definition) is 2. The van der Waals surface area contributed by atoms with Crippen LogP contribution >= 0.6 is 11.6 Å². The molecule has 0 aliphatic rings. The molecule has 2 aromatic rings. The molecule has 1 amide bonds. The number of halogens is 1. The monoisotopic (exact) mass is 303 g/mol. The predicted octanol–water partition coefficient (Wildman–Crippen LogP) is 3.00. The Morgan fingerprint density at radius 2 is 1.62 bits per heavy atom. The van der Waals surface area contributed by atoms with Gasteiger partial charge in [0.1, 0.15) is 6.54 Å². The van der Waals surface area contributed by atoms with Crippen LogP contribution in [0.15, 0.2) is 54.6 Å². The van der Waals surface area contributed by atoms with E-state index >= 15 is 0 Å². The Kier molecular flexibility index (Phi) is 4.95. The van der Waals surface area contributed by atoms with Crippen molar-refractivity contribution in [1.29, 1.82) is 0 Å². The molecule has 0 aliphatic heterocycles. The van der Waals surface area contributed by atoms with Gasteiger partial charge in [0.25, 0.3) is 0 Å². The second kappa shape index (κ2) is 6.90. The quantitative estimate of drug-likeness (QED) is 0.924. The molecule has 0 bridgehead atoms. The first-order valence-electron chi connectivity index (χ1n) is 6.38. The summed E-state index contributed by atoms with van der Waals surface area (Å²) in [6.07, 6.45) is 0.124. The van der Waals surface area contributed by atoms with Gasteiger partial charge in [0.15, 0.2) is 0 Å². The summed E-state index contributed by atoms with van der Waals surface area (Å²) in [5, 5.41) is 9.36. The van der Waals surface area contributed by atoms with Crippen molar-refractivity contribution in [2.45, 2.75) is 6.42 Å². The molecule has 4 nitrogen and oxygen atoms in total. The van der Waals surface area contributed by atoms with Gasteiger partial charge >= 0.3 is 5.97 Å². The normalized spacial score (nSPS) is 10.1. The molecule has 21 heavy (non-hydrogen) atoms. The van der Waals surface area contributed by atoms with Crippen molar-refractivity contribution < 1.29 is 14.7 Å². The first-order chi connectivity index (χ1) is 10.1. The number of carboxylic acid groups (broad SMARTS) is 1. The van der Waals surface area contributed by atoms with E-state index in [1.807, 2.05) is 30.3 Å². The van der Waals surface area contributed by atoms with Crippen LogP contribution < -0.4 is 4.90 Å². The number of hydrogen-bond donors (Lipinski definition) is 1. The fourth-order valence-corrected chi connectivity index (χ4v) is 2.22. The molecule has 0 aliphatic carbocycles. The van der Waals surface area contributed by atoms with Crippen LogP contribution in [0.2, 0.25) is 5.02 Å². The van der Waals surface area contributed by atoms with E-state index in [1.54, 1.807) is 24.3 Å². The van der Waals surface area contributed by atoms with Gasteiger partial charge in [-0.05, 0) is 17.7 Å². The molecule has 108 valence electrons. The second-order valence-electron chi connectivity index (χ2n) is 4.49. The van der Waals surface area contributed by atoms with Gasteiger partial charge in [-0.15, -0.1) is 0 Å². The second-order valence-corrected chi connectivity index (χ2v) is 4.89.